The minimum Gasteiger partial charge on any atom is -0.297 e. The van der Waals surface area contributed by atoms with Crippen molar-refractivity contribution < 1.29 is 4.84 Å². The van der Waals surface area contributed by atoms with Crippen LogP contribution in [0, 0.1) is 0 Å². The zero-order valence-electron chi connectivity index (χ0n) is 10.1. The second-order valence-corrected chi connectivity index (χ2v) is 4.64. The molecule has 2 aromatic rings. The second-order valence-electron chi connectivity index (χ2n) is 4.20. The Bertz CT molecular complexity index is 487. The van der Waals surface area contributed by atoms with E-state index in [-0.39, 0.29) is 6.10 Å². The van der Waals surface area contributed by atoms with Crippen LogP contribution in [0.2, 0.25) is 5.02 Å². The summed E-state index contributed by atoms with van der Waals surface area (Å²) in [6, 6.07) is 17.9. The summed E-state index contributed by atoms with van der Waals surface area (Å²) in [7, 11) is 0. The lowest BCUT2D eigenvalue weighted by Gasteiger charge is -2.14. The maximum atomic E-state index is 5.96. The SMILES string of the molecule is NOC(CCc1cccc(Cl)c1)c1ccccc1. The predicted molar refractivity (Wildman–Crippen MR) is 74.2 cm³/mol. The Kier molecular flexibility index (Phi) is 4.76. The van der Waals surface area contributed by atoms with Crippen molar-refractivity contribution in [2.24, 2.45) is 5.90 Å². The molecule has 2 nitrogen and oxygen atoms in total. The average Bonchev–Trinajstić information content (AvgIpc) is 2.41. The highest BCUT2D eigenvalue weighted by molar-refractivity contribution is 6.30. The van der Waals surface area contributed by atoms with Gasteiger partial charge in [-0.3, -0.25) is 4.84 Å². The number of benzene rings is 2. The maximum absolute atomic E-state index is 5.96. The van der Waals surface area contributed by atoms with Gasteiger partial charge in [0.15, 0.2) is 0 Å². The van der Waals surface area contributed by atoms with E-state index < -0.39 is 0 Å². The number of hydrogen-bond donors (Lipinski definition) is 1. The zero-order chi connectivity index (χ0) is 12.8. The van der Waals surface area contributed by atoms with Gasteiger partial charge in [0.05, 0.1) is 0 Å². The van der Waals surface area contributed by atoms with E-state index in [0.29, 0.717) is 0 Å². The maximum Gasteiger partial charge on any atom is 0.104 e. The van der Waals surface area contributed by atoms with Crippen LogP contribution in [0.4, 0.5) is 0 Å². The van der Waals surface area contributed by atoms with Crippen molar-refractivity contribution in [2.75, 3.05) is 0 Å². The summed E-state index contributed by atoms with van der Waals surface area (Å²) in [6.07, 6.45) is 1.64. The minimum atomic E-state index is -0.0785. The molecule has 0 aliphatic heterocycles. The first-order valence-electron chi connectivity index (χ1n) is 5.94. The van der Waals surface area contributed by atoms with Crippen molar-refractivity contribution in [2.45, 2.75) is 18.9 Å². The predicted octanol–water partition coefficient (Wildman–Crippen LogP) is 3.90. The van der Waals surface area contributed by atoms with Crippen LogP contribution in [-0.2, 0) is 11.3 Å². The summed E-state index contributed by atoms with van der Waals surface area (Å²) in [5.74, 6) is 5.37. The topological polar surface area (TPSA) is 35.2 Å². The lowest BCUT2D eigenvalue weighted by Crippen LogP contribution is -2.10. The van der Waals surface area contributed by atoms with E-state index in [9.17, 15) is 0 Å². The quantitative estimate of drug-likeness (QED) is 0.829. The van der Waals surface area contributed by atoms with Crippen molar-refractivity contribution in [3.63, 3.8) is 0 Å². The highest BCUT2D eigenvalue weighted by Gasteiger charge is 2.10. The van der Waals surface area contributed by atoms with Crippen LogP contribution in [0.25, 0.3) is 0 Å². The van der Waals surface area contributed by atoms with E-state index in [1.807, 2.05) is 48.5 Å². The first-order chi connectivity index (χ1) is 8.79. The molecule has 0 heterocycles. The van der Waals surface area contributed by atoms with Crippen LogP contribution < -0.4 is 5.90 Å². The van der Waals surface area contributed by atoms with Crippen LogP contribution in [0.5, 0.6) is 0 Å². The Balaban J connectivity index is 2.00. The molecule has 3 heteroatoms. The smallest absolute Gasteiger partial charge is 0.104 e. The van der Waals surface area contributed by atoms with Gasteiger partial charge in [0, 0.05) is 5.02 Å². The molecule has 1 unspecified atom stereocenters. The molecule has 0 aliphatic carbocycles. The Morgan fingerprint density at radius 1 is 1.06 bits per heavy atom. The fourth-order valence-corrected chi connectivity index (χ4v) is 2.18. The first-order valence-corrected chi connectivity index (χ1v) is 6.32. The van der Waals surface area contributed by atoms with Crippen LogP contribution in [0.3, 0.4) is 0 Å². The molecule has 0 aliphatic rings. The highest BCUT2D eigenvalue weighted by Crippen LogP contribution is 2.22. The Labute approximate surface area is 112 Å². The molecule has 0 saturated carbocycles. The standard InChI is InChI=1S/C15H16ClNO/c16-14-8-4-5-12(11-14)9-10-15(18-17)13-6-2-1-3-7-13/h1-8,11,15H,9-10,17H2. The largest absolute Gasteiger partial charge is 0.297 e. The lowest BCUT2D eigenvalue weighted by atomic mass is 10.0. The van der Waals surface area contributed by atoms with E-state index in [2.05, 4.69) is 6.07 Å². The minimum absolute atomic E-state index is 0.0785. The van der Waals surface area contributed by atoms with Gasteiger partial charge in [-0.2, -0.15) is 0 Å². The molecule has 18 heavy (non-hydrogen) atoms. The Morgan fingerprint density at radius 3 is 2.50 bits per heavy atom. The first kappa shape index (κ1) is 13.1. The molecule has 2 rings (SSSR count). The molecule has 0 spiro atoms. The van der Waals surface area contributed by atoms with Gasteiger partial charge in [-0.05, 0) is 36.1 Å². The molecule has 0 bridgehead atoms. The van der Waals surface area contributed by atoms with Crippen LogP contribution in [0.15, 0.2) is 54.6 Å². The Hall–Kier alpha value is -1.35. The van der Waals surface area contributed by atoms with Crippen LogP contribution in [-0.4, -0.2) is 0 Å². The third kappa shape index (κ3) is 3.57. The third-order valence-electron chi connectivity index (χ3n) is 2.92. The molecule has 2 aromatic carbocycles. The summed E-state index contributed by atoms with van der Waals surface area (Å²) < 4.78 is 0. The van der Waals surface area contributed by atoms with Gasteiger partial charge in [0.1, 0.15) is 6.10 Å². The van der Waals surface area contributed by atoms with Crippen molar-refractivity contribution in [3.05, 3.63) is 70.7 Å². The lowest BCUT2D eigenvalue weighted by molar-refractivity contribution is 0.0467. The molecule has 1 atom stereocenters. The van der Waals surface area contributed by atoms with Crippen molar-refractivity contribution >= 4 is 11.6 Å². The number of rotatable bonds is 5. The van der Waals surface area contributed by atoms with E-state index in [4.69, 9.17) is 22.3 Å². The van der Waals surface area contributed by atoms with Gasteiger partial charge in [-0.15, -0.1) is 0 Å². The van der Waals surface area contributed by atoms with E-state index in [0.717, 1.165) is 23.4 Å². The number of hydrogen-bond acceptors (Lipinski definition) is 2. The Morgan fingerprint density at radius 2 is 1.83 bits per heavy atom. The van der Waals surface area contributed by atoms with E-state index in [1.54, 1.807) is 0 Å². The second kappa shape index (κ2) is 6.55. The molecule has 0 saturated heterocycles. The van der Waals surface area contributed by atoms with Gasteiger partial charge in [-0.1, -0.05) is 54.1 Å². The molecular formula is C15H16ClNO. The molecule has 0 fully saturated rings. The van der Waals surface area contributed by atoms with Crippen LogP contribution >= 0.6 is 11.6 Å². The normalized spacial score (nSPS) is 12.3. The molecule has 0 aromatic heterocycles. The monoisotopic (exact) mass is 261 g/mol. The molecule has 0 amide bonds. The summed E-state index contributed by atoms with van der Waals surface area (Å²) in [4.78, 5) is 5.06. The summed E-state index contributed by atoms with van der Waals surface area (Å²) >= 11 is 5.96. The van der Waals surface area contributed by atoms with Gasteiger partial charge < -0.3 is 0 Å². The number of halogens is 1. The summed E-state index contributed by atoms with van der Waals surface area (Å²) in [5.41, 5.74) is 2.29. The van der Waals surface area contributed by atoms with Gasteiger partial charge in [0.25, 0.3) is 0 Å². The molecule has 0 radical (unpaired) electrons. The molecular weight excluding hydrogens is 246 g/mol. The zero-order valence-corrected chi connectivity index (χ0v) is 10.8. The van der Waals surface area contributed by atoms with Gasteiger partial charge >= 0.3 is 0 Å². The van der Waals surface area contributed by atoms with Crippen molar-refractivity contribution in [1.82, 2.24) is 0 Å². The van der Waals surface area contributed by atoms with Crippen molar-refractivity contribution in [3.8, 4) is 0 Å². The molecule has 2 N–H and O–H groups in total. The summed E-state index contributed by atoms with van der Waals surface area (Å²) in [5, 5.41) is 0.762. The molecule has 94 valence electrons. The van der Waals surface area contributed by atoms with Gasteiger partial charge in [-0.25, -0.2) is 5.90 Å². The van der Waals surface area contributed by atoms with Crippen LogP contribution in [0.1, 0.15) is 23.7 Å². The number of nitrogens with two attached hydrogens (primary N) is 1. The summed E-state index contributed by atoms with van der Waals surface area (Å²) in [6.45, 7) is 0. The fraction of sp³-hybridized carbons (Fsp3) is 0.200. The number of aryl methyl sites for hydroxylation is 1. The fourth-order valence-electron chi connectivity index (χ4n) is 1.97. The van der Waals surface area contributed by atoms with Gasteiger partial charge in [0.2, 0.25) is 0 Å². The third-order valence-corrected chi connectivity index (χ3v) is 3.15. The van der Waals surface area contributed by atoms with E-state index >= 15 is 0 Å². The average molecular weight is 262 g/mol. The van der Waals surface area contributed by atoms with E-state index in [1.165, 1.54) is 5.56 Å². The van der Waals surface area contributed by atoms with Crippen molar-refractivity contribution in [1.29, 1.82) is 0 Å². The highest BCUT2D eigenvalue weighted by atomic mass is 35.5.